The van der Waals surface area contributed by atoms with Crippen molar-refractivity contribution in [3.8, 4) is 0 Å². The van der Waals surface area contributed by atoms with E-state index in [1.54, 1.807) is 11.3 Å². The number of hydrogen-bond donors (Lipinski definition) is 1. The van der Waals surface area contributed by atoms with Gasteiger partial charge in [0.2, 0.25) is 5.91 Å². The number of amides is 1. The maximum atomic E-state index is 11.8. The number of nitrogens with one attached hydrogen (secondary N) is 1. The zero-order valence-electron chi connectivity index (χ0n) is 13.5. The van der Waals surface area contributed by atoms with E-state index in [4.69, 9.17) is 4.98 Å². The summed E-state index contributed by atoms with van der Waals surface area (Å²) in [5.41, 5.74) is 1.28. The smallest absolute Gasteiger partial charge is 0.236 e. The maximum absolute atomic E-state index is 11.8. The van der Waals surface area contributed by atoms with Crippen LogP contribution in [0.25, 0.3) is 0 Å². The molecule has 1 fully saturated rings. The van der Waals surface area contributed by atoms with E-state index in [2.05, 4.69) is 36.4 Å². The number of aromatic nitrogens is 1. The molecule has 21 heavy (non-hydrogen) atoms. The summed E-state index contributed by atoms with van der Waals surface area (Å²) in [7, 11) is 1.81. The van der Waals surface area contributed by atoms with Gasteiger partial charge in [0.05, 0.1) is 17.2 Å². The van der Waals surface area contributed by atoms with E-state index in [0.29, 0.717) is 6.54 Å². The minimum absolute atomic E-state index is 0.126. The second-order valence-electron chi connectivity index (χ2n) is 6.58. The Bertz CT molecular complexity index is 472. The van der Waals surface area contributed by atoms with E-state index in [-0.39, 0.29) is 11.3 Å². The molecule has 0 aliphatic carbocycles. The Hall–Kier alpha value is -0.980. The van der Waals surface area contributed by atoms with Crippen LogP contribution in [0.3, 0.4) is 0 Å². The zero-order valence-corrected chi connectivity index (χ0v) is 14.3. The fourth-order valence-electron chi connectivity index (χ4n) is 2.37. The molecule has 0 unspecified atom stereocenters. The first-order valence-electron chi connectivity index (χ1n) is 7.50. The average Bonchev–Trinajstić information content (AvgIpc) is 2.88. The van der Waals surface area contributed by atoms with Crippen molar-refractivity contribution in [3.05, 3.63) is 16.1 Å². The normalized spacial score (nSPS) is 17.2. The molecule has 0 radical (unpaired) electrons. The summed E-state index contributed by atoms with van der Waals surface area (Å²) in [6.45, 7) is 11.4. The predicted octanol–water partition coefficient (Wildman–Crippen LogP) is 1.30. The van der Waals surface area contributed by atoms with E-state index < -0.39 is 0 Å². The molecule has 1 aliphatic heterocycles. The van der Waals surface area contributed by atoms with Crippen LogP contribution in [0.1, 0.15) is 31.5 Å². The average molecular weight is 310 g/mol. The summed E-state index contributed by atoms with van der Waals surface area (Å²) in [5, 5.41) is 6.28. The standard InChI is InChI=1S/C15H26N4OS/c1-15(2,3)14-17-12(11-21-14)10-18-5-7-19(8-6-18)13(20)9-16-4/h11,16H,5-10H2,1-4H3. The Labute approximate surface area is 131 Å². The van der Waals surface area contributed by atoms with Crippen molar-refractivity contribution in [3.63, 3.8) is 0 Å². The number of carbonyl (C=O) groups is 1. The lowest BCUT2D eigenvalue weighted by molar-refractivity contribution is -0.131. The van der Waals surface area contributed by atoms with E-state index in [0.717, 1.165) is 38.4 Å². The van der Waals surface area contributed by atoms with Gasteiger partial charge in [-0.1, -0.05) is 20.8 Å². The molecule has 1 aromatic rings. The number of carbonyl (C=O) groups excluding carboxylic acids is 1. The molecule has 0 atom stereocenters. The minimum Gasteiger partial charge on any atom is -0.339 e. The molecule has 5 nitrogen and oxygen atoms in total. The fourth-order valence-corrected chi connectivity index (χ4v) is 3.27. The molecule has 1 aliphatic rings. The lowest BCUT2D eigenvalue weighted by Gasteiger charge is -2.34. The van der Waals surface area contributed by atoms with Crippen molar-refractivity contribution in [1.82, 2.24) is 20.1 Å². The monoisotopic (exact) mass is 310 g/mol. The molecule has 2 rings (SSSR count). The van der Waals surface area contributed by atoms with Gasteiger partial charge in [0.15, 0.2) is 0 Å². The van der Waals surface area contributed by atoms with Gasteiger partial charge in [0.1, 0.15) is 0 Å². The van der Waals surface area contributed by atoms with Crippen LogP contribution >= 0.6 is 11.3 Å². The number of thiazole rings is 1. The Morgan fingerprint density at radius 2 is 2.00 bits per heavy atom. The van der Waals surface area contributed by atoms with E-state index in [1.807, 2.05) is 11.9 Å². The molecule has 2 heterocycles. The summed E-state index contributed by atoms with van der Waals surface area (Å²) in [4.78, 5) is 20.9. The van der Waals surface area contributed by atoms with E-state index in [1.165, 1.54) is 5.01 Å². The summed E-state index contributed by atoms with van der Waals surface area (Å²) in [6, 6.07) is 0. The molecule has 0 spiro atoms. The second-order valence-corrected chi connectivity index (χ2v) is 7.44. The molecule has 1 N–H and O–H groups in total. The van der Waals surface area contributed by atoms with Crippen LogP contribution < -0.4 is 5.32 Å². The summed E-state index contributed by atoms with van der Waals surface area (Å²) >= 11 is 1.75. The third-order valence-corrected chi connectivity index (χ3v) is 4.95. The quantitative estimate of drug-likeness (QED) is 0.911. The molecule has 6 heteroatoms. The third kappa shape index (κ3) is 4.49. The highest BCUT2D eigenvalue weighted by Gasteiger charge is 2.22. The molecule has 1 saturated heterocycles. The number of rotatable bonds is 4. The van der Waals surface area contributed by atoms with Crippen LogP contribution in [0.2, 0.25) is 0 Å². The summed E-state index contributed by atoms with van der Waals surface area (Å²) in [6.07, 6.45) is 0. The molecule has 118 valence electrons. The van der Waals surface area contributed by atoms with Crippen molar-refractivity contribution < 1.29 is 4.79 Å². The lowest BCUT2D eigenvalue weighted by atomic mass is 9.98. The first-order chi connectivity index (χ1) is 9.90. The van der Waals surface area contributed by atoms with Gasteiger partial charge in [-0.25, -0.2) is 4.98 Å². The van der Waals surface area contributed by atoms with Gasteiger partial charge >= 0.3 is 0 Å². The zero-order chi connectivity index (χ0) is 15.5. The first-order valence-corrected chi connectivity index (χ1v) is 8.37. The van der Waals surface area contributed by atoms with Gasteiger partial charge in [-0.15, -0.1) is 11.3 Å². The van der Waals surface area contributed by atoms with E-state index in [9.17, 15) is 4.79 Å². The van der Waals surface area contributed by atoms with Crippen LogP contribution in [0.15, 0.2) is 5.38 Å². The second kappa shape index (κ2) is 6.85. The highest BCUT2D eigenvalue weighted by atomic mass is 32.1. The topological polar surface area (TPSA) is 48.5 Å². The van der Waals surface area contributed by atoms with Crippen molar-refractivity contribution in [2.75, 3.05) is 39.8 Å². The Morgan fingerprint density at radius 1 is 1.33 bits per heavy atom. The minimum atomic E-state index is 0.126. The highest BCUT2D eigenvalue weighted by molar-refractivity contribution is 7.09. The first kappa shape index (κ1) is 16.4. The maximum Gasteiger partial charge on any atom is 0.236 e. The predicted molar refractivity (Wildman–Crippen MR) is 86.6 cm³/mol. The fraction of sp³-hybridized carbons (Fsp3) is 0.733. The van der Waals surface area contributed by atoms with Crippen molar-refractivity contribution in [2.24, 2.45) is 0 Å². The molecule has 0 bridgehead atoms. The molecule has 1 aromatic heterocycles. The van der Waals surface area contributed by atoms with Crippen LogP contribution in [0.4, 0.5) is 0 Å². The van der Waals surface area contributed by atoms with Gasteiger partial charge in [-0.2, -0.15) is 0 Å². The molecule has 1 amide bonds. The van der Waals surface area contributed by atoms with Gasteiger partial charge in [-0.3, -0.25) is 9.69 Å². The largest absolute Gasteiger partial charge is 0.339 e. The van der Waals surface area contributed by atoms with Crippen LogP contribution in [0, 0.1) is 0 Å². The SMILES string of the molecule is CNCC(=O)N1CCN(Cc2csc(C(C)(C)C)n2)CC1. The van der Waals surface area contributed by atoms with Gasteiger partial charge in [0.25, 0.3) is 0 Å². The Morgan fingerprint density at radius 3 is 2.52 bits per heavy atom. The lowest BCUT2D eigenvalue weighted by Crippen LogP contribution is -2.50. The molecule has 0 aromatic carbocycles. The molecular weight excluding hydrogens is 284 g/mol. The summed E-state index contributed by atoms with van der Waals surface area (Å²) < 4.78 is 0. The highest BCUT2D eigenvalue weighted by Crippen LogP contribution is 2.26. The number of likely N-dealkylation sites (N-methyl/N-ethyl adjacent to an activating group) is 1. The third-order valence-electron chi connectivity index (χ3n) is 3.63. The molecule has 0 saturated carbocycles. The van der Waals surface area contributed by atoms with Crippen molar-refractivity contribution >= 4 is 17.2 Å². The van der Waals surface area contributed by atoms with E-state index >= 15 is 0 Å². The van der Waals surface area contributed by atoms with Crippen molar-refractivity contribution in [2.45, 2.75) is 32.7 Å². The Kier molecular flexibility index (Phi) is 5.35. The number of hydrogen-bond acceptors (Lipinski definition) is 5. The number of piperazine rings is 1. The number of nitrogens with zero attached hydrogens (tertiary/aromatic N) is 3. The van der Waals surface area contributed by atoms with Gasteiger partial charge < -0.3 is 10.2 Å². The van der Waals surface area contributed by atoms with Crippen molar-refractivity contribution in [1.29, 1.82) is 0 Å². The van der Waals surface area contributed by atoms with Crippen LogP contribution in [0.5, 0.6) is 0 Å². The molecular formula is C15H26N4OS. The van der Waals surface area contributed by atoms with Crippen LogP contribution in [-0.4, -0.2) is 60.5 Å². The van der Waals surface area contributed by atoms with Crippen LogP contribution in [-0.2, 0) is 16.8 Å². The summed E-state index contributed by atoms with van der Waals surface area (Å²) in [5.74, 6) is 0.195. The van der Waals surface area contributed by atoms with Gasteiger partial charge in [0, 0.05) is 43.5 Å². The van der Waals surface area contributed by atoms with Gasteiger partial charge in [-0.05, 0) is 7.05 Å². The Balaban J connectivity index is 1.83.